The van der Waals surface area contributed by atoms with Crippen LogP contribution >= 0.6 is 35.6 Å². The summed E-state index contributed by atoms with van der Waals surface area (Å²) in [5.74, 6) is -0.0310. The van der Waals surface area contributed by atoms with Gasteiger partial charge in [0.2, 0.25) is 5.91 Å². The monoisotopic (exact) mass is 413 g/mol. The largest absolute Gasteiger partial charge is 0.325 e. The maximum absolute atomic E-state index is 12.3. The Morgan fingerprint density at radius 1 is 1.19 bits per heavy atom. The van der Waals surface area contributed by atoms with Crippen molar-refractivity contribution in [1.82, 2.24) is 10.2 Å². The van der Waals surface area contributed by atoms with Gasteiger partial charge in [-0.2, -0.15) is 0 Å². The van der Waals surface area contributed by atoms with Crippen LogP contribution in [0.2, 0.25) is 10.0 Å². The van der Waals surface area contributed by atoms with Gasteiger partial charge in [-0.1, -0.05) is 47.5 Å². The Morgan fingerprint density at radius 3 is 2.77 bits per heavy atom. The zero-order valence-corrected chi connectivity index (χ0v) is 16.6. The van der Waals surface area contributed by atoms with E-state index in [2.05, 4.69) is 21.6 Å². The van der Waals surface area contributed by atoms with Gasteiger partial charge in [0, 0.05) is 43.7 Å². The topological polar surface area (TPSA) is 44.4 Å². The van der Waals surface area contributed by atoms with Crippen molar-refractivity contribution in [2.75, 3.05) is 31.5 Å². The molecule has 1 aliphatic heterocycles. The van der Waals surface area contributed by atoms with Crippen LogP contribution in [0.4, 0.5) is 5.69 Å². The Kier molecular flexibility index (Phi) is 8.19. The summed E-state index contributed by atoms with van der Waals surface area (Å²) in [6.45, 7) is 3.36. The summed E-state index contributed by atoms with van der Waals surface area (Å²) < 4.78 is 0. The lowest BCUT2D eigenvalue weighted by Crippen LogP contribution is -2.46. The molecule has 7 heteroatoms. The number of amides is 1. The van der Waals surface area contributed by atoms with Crippen molar-refractivity contribution in [3.8, 4) is 0 Å². The van der Waals surface area contributed by atoms with Crippen LogP contribution in [0.1, 0.15) is 18.0 Å². The number of piperazine rings is 1. The molecule has 0 saturated carbocycles. The molecule has 0 radical (unpaired) electrons. The number of benzene rings is 2. The molecule has 1 unspecified atom stereocenters. The van der Waals surface area contributed by atoms with Crippen molar-refractivity contribution >= 4 is 47.2 Å². The van der Waals surface area contributed by atoms with Gasteiger partial charge >= 0.3 is 0 Å². The summed E-state index contributed by atoms with van der Waals surface area (Å²) in [7, 11) is 0. The number of nitrogens with zero attached hydrogens (tertiary/aromatic N) is 1. The Balaban J connectivity index is 0.00000243. The van der Waals surface area contributed by atoms with E-state index in [1.807, 2.05) is 30.3 Å². The lowest BCUT2D eigenvalue weighted by Gasteiger charge is -2.36. The number of carbonyl (C=O) groups excluding carboxylic acids is 1. The lowest BCUT2D eigenvalue weighted by atomic mass is 10.0. The first-order valence-electron chi connectivity index (χ1n) is 8.38. The summed E-state index contributed by atoms with van der Waals surface area (Å²) >= 11 is 12.2. The fourth-order valence-corrected chi connectivity index (χ4v) is 3.46. The van der Waals surface area contributed by atoms with E-state index >= 15 is 0 Å². The molecule has 1 aliphatic rings. The number of nitrogens with one attached hydrogen (secondary N) is 2. The number of rotatable bonds is 5. The first-order chi connectivity index (χ1) is 12.1. The summed E-state index contributed by atoms with van der Waals surface area (Å²) in [4.78, 5) is 14.6. The van der Waals surface area contributed by atoms with Crippen molar-refractivity contribution in [3.63, 3.8) is 0 Å². The van der Waals surface area contributed by atoms with Gasteiger partial charge in [0.05, 0.1) is 10.7 Å². The highest BCUT2D eigenvalue weighted by Gasteiger charge is 2.24. The Bertz CT molecular complexity index is 741. The summed E-state index contributed by atoms with van der Waals surface area (Å²) in [6, 6.07) is 15.4. The van der Waals surface area contributed by atoms with Gasteiger partial charge in [-0.3, -0.25) is 9.69 Å². The average molecular weight is 415 g/mol. The van der Waals surface area contributed by atoms with Crippen molar-refractivity contribution in [2.45, 2.75) is 12.5 Å². The van der Waals surface area contributed by atoms with E-state index < -0.39 is 0 Å². The Labute approximate surface area is 170 Å². The molecule has 0 spiro atoms. The second-order valence-electron chi connectivity index (χ2n) is 6.09. The first-order valence-corrected chi connectivity index (χ1v) is 9.13. The van der Waals surface area contributed by atoms with Crippen molar-refractivity contribution in [1.29, 1.82) is 0 Å². The predicted molar refractivity (Wildman–Crippen MR) is 111 cm³/mol. The summed E-state index contributed by atoms with van der Waals surface area (Å²) in [5, 5.41) is 7.58. The molecule has 0 aromatic heterocycles. The van der Waals surface area contributed by atoms with Crippen molar-refractivity contribution < 1.29 is 4.79 Å². The molecule has 2 aromatic rings. The lowest BCUT2D eigenvalue weighted by molar-refractivity contribution is -0.116. The van der Waals surface area contributed by atoms with Crippen LogP contribution in [-0.4, -0.2) is 37.0 Å². The van der Waals surface area contributed by atoms with Gasteiger partial charge < -0.3 is 10.6 Å². The van der Waals surface area contributed by atoms with E-state index in [-0.39, 0.29) is 24.4 Å². The van der Waals surface area contributed by atoms with Gasteiger partial charge in [0.25, 0.3) is 0 Å². The fraction of sp³-hybridized carbons (Fsp3) is 0.316. The predicted octanol–water partition coefficient (Wildman–Crippen LogP) is 4.39. The fourth-order valence-electron chi connectivity index (χ4n) is 3.08. The number of anilines is 1. The number of para-hydroxylation sites is 1. The molecule has 0 bridgehead atoms. The molecular formula is C19H22Cl3N3O. The molecule has 2 aromatic carbocycles. The molecule has 0 aliphatic carbocycles. The zero-order chi connectivity index (χ0) is 17.6. The number of hydrogen-bond donors (Lipinski definition) is 2. The average Bonchev–Trinajstić information content (AvgIpc) is 2.62. The van der Waals surface area contributed by atoms with E-state index in [1.165, 1.54) is 5.56 Å². The zero-order valence-electron chi connectivity index (χ0n) is 14.3. The van der Waals surface area contributed by atoms with E-state index in [0.29, 0.717) is 23.7 Å². The van der Waals surface area contributed by atoms with Gasteiger partial charge in [0.15, 0.2) is 0 Å². The molecule has 140 valence electrons. The van der Waals surface area contributed by atoms with Gasteiger partial charge in [-0.15, -0.1) is 12.4 Å². The second-order valence-corrected chi connectivity index (χ2v) is 6.93. The highest BCUT2D eigenvalue weighted by Crippen LogP contribution is 2.25. The van der Waals surface area contributed by atoms with E-state index in [9.17, 15) is 4.79 Å². The van der Waals surface area contributed by atoms with Crippen LogP contribution in [-0.2, 0) is 4.79 Å². The summed E-state index contributed by atoms with van der Waals surface area (Å²) in [5.41, 5.74) is 1.83. The van der Waals surface area contributed by atoms with Gasteiger partial charge in [0.1, 0.15) is 0 Å². The highest BCUT2D eigenvalue weighted by molar-refractivity contribution is 6.33. The molecule has 26 heavy (non-hydrogen) atoms. The Morgan fingerprint density at radius 2 is 2.00 bits per heavy atom. The number of halogens is 3. The van der Waals surface area contributed by atoms with Crippen molar-refractivity contribution in [3.05, 3.63) is 64.1 Å². The molecule has 2 N–H and O–H groups in total. The molecule has 1 saturated heterocycles. The number of carbonyl (C=O) groups is 1. The standard InChI is InChI=1S/C19H21Cl2N3O.ClH/c20-15-5-3-4-14(12-15)18-13-22-9-11-24(18)10-8-19(25)23-17-7-2-1-6-16(17)21;/h1-7,12,18,22H,8-11,13H2,(H,23,25);1H. The minimum atomic E-state index is -0.0310. The SMILES string of the molecule is Cl.O=C(CCN1CCNCC1c1cccc(Cl)c1)Nc1ccccc1Cl. The third-order valence-corrected chi connectivity index (χ3v) is 4.93. The normalized spacial score (nSPS) is 17.4. The smallest absolute Gasteiger partial charge is 0.225 e. The Hall–Kier alpha value is -1.30. The molecule has 1 amide bonds. The second kappa shape index (κ2) is 10.1. The molecule has 1 fully saturated rings. The molecule has 3 rings (SSSR count). The first kappa shape index (κ1) is 21.0. The van der Waals surface area contributed by atoms with Crippen LogP contribution in [0.25, 0.3) is 0 Å². The van der Waals surface area contributed by atoms with E-state index in [1.54, 1.807) is 12.1 Å². The third-order valence-electron chi connectivity index (χ3n) is 4.36. The van der Waals surface area contributed by atoms with Crippen LogP contribution in [0.3, 0.4) is 0 Å². The molecule has 1 heterocycles. The number of hydrogen-bond acceptors (Lipinski definition) is 3. The molecular weight excluding hydrogens is 393 g/mol. The molecule has 1 atom stereocenters. The van der Waals surface area contributed by atoms with Gasteiger partial charge in [-0.25, -0.2) is 0 Å². The van der Waals surface area contributed by atoms with Crippen LogP contribution in [0, 0.1) is 0 Å². The minimum absolute atomic E-state index is 0. The van der Waals surface area contributed by atoms with Crippen LogP contribution in [0.5, 0.6) is 0 Å². The van der Waals surface area contributed by atoms with Crippen LogP contribution < -0.4 is 10.6 Å². The maximum atomic E-state index is 12.3. The van der Waals surface area contributed by atoms with Gasteiger partial charge in [-0.05, 0) is 29.8 Å². The van der Waals surface area contributed by atoms with E-state index in [4.69, 9.17) is 23.2 Å². The summed E-state index contributed by atoms with van der Waals surface area (Å²) in [6.07, 6.45) is 0.419. The third kappa shape index (κ3) is 5.60. The van der Waals surface area contributed by atoms with Crippen LogP contribution in [0.15, 0.2) is 48.5 Å². The highest BCUT2D eigenvalue weighted by atomic mass is 35.5. The maximum Gasteiger partial charge on any atom is 0.225 e. The quantitative estimate of drug-likeness (QED) is 0.762. The minimum Gasteiger partial charge on any atom is -0.325 e. The van der Waals surface area contributed by atoms with E-state index in [0.717, 1.165) is 24.7 Å². The van der Waals surface area contributed by atoms with Crippen molar-refractivity contribution in [2.24, 2.45) is 0 Å². The molecule has 4 nitrogen and oxygen atoms in total.